The van der Waals surface area contributed by atoms with E-state index in [1.807, 2.05) is 5.32 Å². The molecule has 1 amide bonds. The molecule has 1 aromatic rings. The van der Waals surface area contributed by atoms with Crippen molar-refractivity contribution in [1.82, 2.24) is 5.32 Å². The minimum absolute atomic E-state index is 0.0420. The molecule has 0 saturated heterocycles. The molecule has 3 N–H and O–H groups in total. The Bertz CT molecular complexity index is 719. The summed E-state index contributed by atoms with van der Waals surface area (Å²) in [5.41, 5.74) is -0.0582. The summed E-state index contributed by atoms with van der Waals surface area (Å²) < 4.78 is 31.5. The van der Waals surface area contributed by atoms with Gasteiger partial charge in [0.1, 0.15) is 0 Å². The van der Waals surface area contributed by atoms with E-state index < -0.39 is 49.8 Å². The Balaban J connectivity index is 3.00. The highest BCUT2D eigenvalue weighted by molar-refractivity contribution is 6.43. The number of ketones is 1. The lowest BCUT2D eigenvalue weighted by molar-refractivity contribution is -0.121. The first kappa shape index (κ1) is 14.3. The minimum Gasteiger partial charge on any atom is -0.426 e. The quantitative estimate of drug-likeness (QED) is 0.489. The van der Waals surface area contributed by atoms with Gasteiger partial charge in [-0.3, -0.25) is 9.59 Å². The predicted octanol–water partition coefficient (Wildman–Crippen LogP) is 2.50. The molecule has 1 aromatic carbocycles. The summed E-state index contributed by atoms with van der Waals surface area (Å²) in [6, 6.07) is 4.06. The van der Waals surface area contributed by atoms with Gasteiger partial charge in [-0.15, -0.1) is 0 Å². The molecule has 0 fully saturated rings. The highest BCUT2D eigenvalue weighted by atomic mass is 35.5. The Labute approximate surface area is 151 Å². The second-order valence-corrected chi connectivity index (χ2v) is 5.93. The van der Waals surface area contributed by atoms with Gasteiger partial charge in [-0.05, 0) is 30.5 Å². The van der Waals surface area contributed by atoms with E-state index in [9.17, 15) is 19.6 Å². The molecule has 1 rings (SSSR count). The fourth-order valence-corrected chi connectivity index (χ4v) is 2.12. The summed E-state index contributed by atoms with van der Waals surface area (Å²) in [6.07, 6.45) is -5.87. The summed E-state index contributed by atoms with van der Waals surface area (Å²) in [5.74, 6) is -4.63. The SMILES string of the molecule is [2H]C([2H])(CC(=O)c1cc(Cl)ccc1Cl)C(=O)N[C@H](B(O)O)C([2H])([2H])C(C)C. The van der Waals surface area contributed by atoms with Crippen molar-refractivity contribution in [3.63, 3.8) is 0 Å². The number of carbonyl (C=O) groups excluding carboxylic acids is 2. The van der Waals surface area contributed by atoms with Crippen LogP contribution < -0.4 is 5.32 Å². The van der Waals surface area contributed by atoms with Crippen LogP contribution >= 0.6 is 23.2 Å². The molecule has 23 heavy (non-hydrogen) atoms. The summed E-state index contributed by atoms with van der Waals surface area (Å²) in [4.78, 5) is 24.6. The fourth-order valence-electron chi connectivity index (χ4n) is 1.72. The van der Waals surface area contributed by atoms with E-state index in [-0.39, 0.29) is 15.6 Å². The van der Waals surface area contributed by atoms with Crippen molar-refractivity contribution in [2.45, 2.75) is 39.0 Å². The van der Waals surface area contributed by atoms with E-state index in [2.05, 4.69) is 0 Å². The number of benzene rings is 1. The van der Waals surface area contributed by atoms with Crippen LogP contribution in [0.25, 0.3) is 0 Å². The molecule has 0 aliphatic heterocycles. The zero-order chi connectivity index (χ0) is 21.2. The first-order valence-corrected chi connectivity index (χ1v) is 7.61. The molecule has 0 unspecified atom stereocenters. The lowest BCUT2D eigenvalue weighted by atomic mass is 9.75. The number of amides is 1. The van der Waals surface area contributed by atoms with Crippen LogP contribution in [0.5, 0.6) is 0 Å². The average Bonchev–Trinajstić information content (AvgIpc) is 2.53. The van der Waals surface area contributed by atoms with Gasteiger partial charge in [0.25, 0.3) is 0 Å². The number of hydrogen-bond acceptors (Lipinski definition) is 4. The zero-order valence-electron chi connectivity index (χ0n) is 16.6. The van der Waals surface area contributed by atoms with E-state index >= 15 is 0 Å². The highest BCUT2D eigenvalue weighted by Gasteiger charge is 2.26. The van der Waals surface area contributed by atoms with Crippen molar-refractivity contribution < 1.29 is 25.1 Å². The average molecular weight is 364 g/mol. The maximum absolute atomic E-state index is 12.3. The maximum Gasteiger partial charge on any atom is 0.475 e. The monoisotopic (exact) mass is 363 g/mol. The molecule has 0 spiro atoms. The van der Waals surface area contributed by atoms with Crippen LogP contribution in [0, 0.1) is 5.92 Å². The van der Waals surface area contributed by atoms with Crippen LogP contribution in [0.1, 0.15) is 48.9 Å². The van der Waals surface area contributed by atoms with Crippen LogP contribution in [0.15, 0.2) is 18.2 Å². The molecule has 5 nitrogen and oxygen atoms in total. The van der Waals surface area contributed by atoms with Crippen molar-refractivity contribution in [3.8, 4) is 0 Å². The molecule has 0 aliphatic rings. The first-order valence-electron chi connectivity index (χ1n) is 8.85. The number of nitrogens with one attached hydrogen (secondary N) is 1. The topological polar surface area (TPSA) is 86.6 Å². The molecule has 126 valence electrons. The van der Waals surface area contributed by atoms with Crippen molar-refractivity contribution in [2.75, 3.05) is 0 Å². The van der Waals surface area contributed by atoms with Gasteiger partial charge >= 0.3 is 7.12 Å². The molecule has 0 saturated carbocycles. The van der Waals surface area contributed by atoms with Crippen LogP contribution in [0.4, 0.5) is 0 Å². The first-order chi connectivity index (χ1) is 12.2. The molecule has 0 radical (unpaired) electrons. The summed E-state index contributed by atoms with van der Waals surface area (Å²) in [7, 11) is -2.26. The Morgan fingerprint density at radius 2 is 2.00 bits per heavy atom. The summed E-state index contributed by atoms with van der Waals surface area (Å²) in [5, 5.41) is 21.0. The number of halogens is 2. The van der Waals surface area contributed by atoms with Gasteiger partial charge in [-0.1, -0.05) is 37.0 Å². The second kappa shape index (κ2) is 9.28. The summed E-state index contributed by atoms with van der Waals surface area (Å²) >= 11 is 11.7. The van der Waals surface area contributed by atoms with Crippen LogP contribution in [0.2, 0.25) is 10.0 Å². The molecule has 0 bridgehead atoms. The van der Waals surface area contributed by atoms with Crippen molar-refractivity contribution in [3.05, 3.63) is 33.8 Å². The third-order valence-corrected chi connectivity index (χ3v) is 3.30. The lowest BCUT2D eigenvalue weighted by Crippen LogP contribution is -2.47. The largest absolute Gasteiger partial charge is 0.475 e. The fraction of sp³-hybridized carbons (Fsp3) is 0.467. The lowest BCUT2D eigenvalue weighted by Gasteiger charge is -2.19. The van der Waals surface area contributed by atoms with Gasteiger partial charge in [0.05, 0.1) is 11.0 Å². The Hall–Kier alpha value is -1.08. The van der Waals surface area contributed by atoms with Gasteiger partial charge in [0.2, 0.25) is 5.91 Å². The third kappa shape index (κ3) is 6.91. The van der Waals surface area contributed by atoms with Gasteiger partial charge < -0.3 is 15.4 Å². The Morgan fingerprint density at radius 1 is 1.35 bits per heavy atom. The van der Waals surface area contributed by atoms with Gasteiger partial charge in [0, 0.05) is 28.9 Å². The molecule has 1 atom stereocenters. The molecule has 0 aliphatic carbocycles. The number of Topliss-reactive ketones (excluding diaryl/α,β-unsaturated/α-hetero) is 1. The third-order valence-electron chi connectivity index (χ3n) is 2.74. The van der Waals surface area contributed by atoms with Gasteiger partial charge in [-0.2, -0.15) is 0 Å². The van der Waals surface area contributed by atoms with E-state index in [1.165, 1.54) is 32.0 Å². The predicted molar refractivity (Wildman–Crippen MR) is 91.6 cm³/mol. The van der Waals surface area contributed by atoms with E-state index in [4.69, 9.17) is 28.7 Å². The molecular weight excluding hydrogens is 340 g/mol. The van der Waals surface area contributed by atoms with Crippen LogP contribution in [-0.4, -0.2) is 34.8 Å². The molecule has 0 heterocycles. The van der Waals surface area contributed by atoms with Gasteiger partial charge in [0.15, 0.2) is 5.78 Å². The maximum atomic E-state index is 12.3. The van der Waals surface area contributed by atoms with Crippen molar-refractivity contribution in [1.29, 1.82) is 0 Å². The molecular formula is C15H20BCl2NO4. The molecule has 0 aromatic heterocycles. The van der Waals surface area contributed by atoms with Crippen molar-refractivity contribution in [2.24, 2.45) is 5.92 Å². The molecule has 8 heteroatoms. The number of hydrogen-bond donors (Lipinski definition) is 3. The minimum atomic E-state index is -2.75. The van der Waals surface area contributed by atoms with E-state index in [0.717, 1.165) is 0 Å². The Kier molecular flexibility index (Phi) is 5.76. The second-order valence-electron chi connectivity index (χ2n) is 5.09. The zero-order valence-corrected chi connectivity index (χ0v) is 14.1. The summed E-state index contributed by atoms with van der Waals surface area (Å²) in [6.45, 7) is 2.95. The number of carbonyl (C=O) groups is 2. The van der Waals surface area contributed by atoms with Crippen LogP contribution in [0.3, 0.4) is 0 Å². The smallest absolute Gasteiger partial charge is 0.426 e. The van der Waals surface area contributed by atoms with Crippen LogP contribution in [-0.2, 0) is 4.79 Å². The van der Waals surface area contributed by atoms with E-state index in [0.29, 0.717) is 0 Å². The van der Waals surface area contributed by atoms with Gasteiger partial charge in [-0.25, -0.2) is 0 Å². The number of rotatable bonds is 8. The van der Waals surface area contributed by atoms with E-state index in [1.54, 1.807) is 0 Å². The normalized spacial score (nSPS) is 16.0. The standard InChI is InChI=1S/C15H20BCl2NO4/c1-9(2)7-14(16(22)23)19-15(21)6-5-13(20)11-8-10(17)3-4-12(11)18/h3-4,8-9,14,22-23H,5-7H2,1-2H3,(H,19,21)/t14-/m0/s1/i6D2,7D2. The highest BCUT2D eigenvalue weighted by Crippen LogP contribution is 2.22. The Morgan fingerprint density at radius 3 is 2.57 bits per heavy atom. The van der Waals surface area contributed by atoms with Crippen molar-refractivity contribution >= 4 is 42.0 Å².